The Balaban J connectivity index is 3.18. The van der Waals surface area contributed by atoms with Gasteiger partial charge in [0.2, 0.25) is 5.75 Å². The Bertz CT molecular complexity index is 398. The van der Waals surface area contributed by atoms with Crippen LogP contribution in [-0.4, -0.2) is 18.5 Å². The number of pyridine rings is 1. The smallest absolute Gasteiger partial charge is 0.478 e. The lowest BCUT2D eigenvalue weighted by Gasteiger charge is -2.12. The number of nitrogens with zero attached hydrogens (tertiary/aromatic N) is 2. The lowest BCUT2D eigenvalue weighted by molar-refractivity contribution is -0.275. The molecule has 15 heavy (non-hydrogen) atoms. The highest BCUT2D eigenvalue weighted by Gasteiger charge is 2.34. The van der Waals surface area contributed by atoms with Crippen molar-refractivity contribution in [1.29, 1.82) is 5.26 Å². The van der Waals surface area contributed by atoms with Crippen LogP contribution in [0.5, 0.6) is 11.6 Å². The minimum atomic E-state index is -4.89. The molecule has 0 bridgehead atoms. The van der Waals surface area contributed by atoms with E-state index in [-0.39, 0.29) is 11.4 Å². The fourth-order valence-corrected chi connectivity index (χ4v) is 0.877. The third kappa shape index (κ3) is 2.74. The second-order valence-electron chi connectivity index (χ2n) is 2.36. The van der Waals surface area contributed by atoms with Crippen molar-refractivity contribution in [1.82, 2.24) is 4.98 Å². The van der Waals surface area contributed by atoms with Gasteiger partial charge in [-0.2, -0.15) is 5.26 Å². The highest BCUT2D eigenvalue weighted by Crippen LogP contribution is 2.32. The molecule has 0 saturated carbocycles. The monoisotopic (exact) mass is 218 g/mol. The van der Waals surface area contributed by atoms with Gasteiger partial charge in [-0.05, 0) is 6.07 Å². The van der Waals surface area contributed by atoms with Gasteiger partial charge >= 0.3 is 6.36 Å². The molecule has 0 N–H and O–H groups in total. The molecule has 1 aromatic rings. The average Bonchev–Trinajstić information content (AvgIpc) is 2.16. The maximum absolute atomic E-state index is 12.0. The quantitative estimate of drug-likeness (QED) is 0.760. The van der Waals surface area contributed by atoms with Gasteiger partial charge in [0.25, 0.3) is 5.88 Å². The first-order chi connectivity index (χ1) is 6.98. The predicted molar refractivity (Wildman–Crippen MR) is 42.2 cm³/mol. The number of halogens is 3. The zero-order valence-corrected chi connectivity index (χ0v) is 7.50. The fourth-order valence-electron chi connectivity index (χ4n) is 0.877. The van der Waals surface area contributed by atoms with Gasteiger partial charge in [0.15, 0.2) is 0 Å². The minimum Gasteiger partial charge on any atom is -0.478 e. The maximum Gasteiger partial charge on any atom is 0.573 e. The molecule has 0 fully saturated rings. The summed E-state index contributed by atoms with van der Waals surface area (Å²) in [6.07, 6.45) is -3.73. The molecule has 0 spiro atoms. The van der Waals surface area contributed by atoms with Crippen LogP contribution in [0.15, 0.2) is 12.3 Å². The molecule has 4 nitrogen and oxygen atoms in total. The molecule has 1 aromatic heterocycles. The van der Waals surface area contributed by atoms with Crippen LogP contribution in [0.2, 0.25) is 0 Å². The molecule has 1 rings (SSSR count). The van der Waals surface area contributed by atoms with Crippen molar-refractivity contribution in [2.45, 2.75) is 6.36 Å². The van der Waals surface area contributed by atoms with Crippen molar-refractivity contribution in [3.63, 3.8) is 0 Å². The molecule has 0 aliphatic carbocycles. The van der Waals surface area contributed by atoms with Crippen LogP contribution >= 0.6 is 0 Å². The molecule has 0 radical (unpaired) electrons. The molecule has 0 atom stereocenters. The lowest BCUT2D eigenvalue weighted by Crippen LogP contribution is -2.18. The first-order valence-corrected chi connectivity index (χ1v) is 3.66. The van der Waals surface area contributed by atoms with Crippen LogP contribution in [0.3, 0.4) is 0 Å². The molecular formula is C8H5F3N2O2. The second kappa shape index (κ2) is 4.04. The van der Waals surface area contributed by atoms with E-state index in [1.807, 2.05) is 0 Å². The number of alkyl halides is 3. The lowest BCUT2D eigenvalue weighted by atomic mass is 10.2. The Morgan fingerprint density at radius 3 is 2.60 bits per heavy atom. The minimum absolute atomic E-state index is 0.292. The van der Waals surface area contributed by atoms with E-state index in [4.69, 9.17) is 5.26 Å². The molecule has 0 aromatic carbocycles. The van der Waals surface area contributed by atoms with E-state index >= 15 is 0 Å². The number of rotatable bonds is 2. The Morgan fingerprint density at radius 1 is 1.47 bits per heavy atom. The standard InChI is InChI=1S/C8H5F3N2O2/c1-14-7-6(15-8(9,10)11)5(4-12)2-3-13-7/h2-3H,1H3. The summed E-state index contributed by atoms with van der Waals surface area (Å²) in [5, 5.41) is 8.55. The van der Waals surface area contributed by atoms with E-state index in [1.54, 1.807) is 6.07 Å². The Labute approximate surface area is 82.9 Å². The van der Waals surface area contributed by atoms with E-state index in [0.29, 0.717) is 0 Å². The van der Waals surface area contributed by atoms with Crippen LogP contribution in [0.4, 0.5) is 13.2 Å². The molecule has 0 saturated heterocycles. The third-order valence-electron chi connectivity index (χ3n) is 1.40. The van der Waals surface area contributed by atoms with Crippen molar-refractivity contribution < 1.29 is 22.6 Å². The molecule has 0 aliphatic heterocycles. The normalized spacial score (nSPS) is 10.6. The Kier molecular flexibility index (Phi) is 2.99. The van der Waals surface area contributed by atoms with Gasteiger partial charge in [0, 0.05) is 6.20 Å². The summed E-state index contributed by atoms with van der Waals surface area (Å²) in [7, 11) is 1.13. The number of methoxy groups -OCH3 is 1. The van der Waals surface area contributed by atoms with E-state index in [9.17, 15) is 13.2 Å². The van der Waals surface area contributed by atoms with Crippen LogP contribution in [0.25, 0.3) is 0 Å². The number of nitriles is 1. The zero-order chi connectivity index (χ0) is 11.5. The Hall–Kier alpha value is -1.97. The van der Waals surface area contributed by atoms with Gasteiger partial charge in [-0.25, -0.2) is 4.98 Å². The van der Waals surface area contributed by atoms with Gasteiger partial charge in [-0.1, -0.05) is 0 Å². The van der Waals surface area contributed by atoms with Crippen molar-refractivity contribution in [2.24, 2.45) is 0 Å². The van der Waals surface area contributed by atoms with Crippen molar-refractivity contribution in [3.8, 4) is 17.7 Å². The first-order valence-electron chi connectivity index (χ1n) is 3.66. The van der Waals surface area contributed by atoms with E-state index < -0.39 is 12.1 Å². The van der Waals surface area contributed by atoms with Crippen molar-refractivity contribution in [2.75, 3.05) is 7.11 Å². The number of ether oxygens (including phenoxy) is 2. The van der Waals surface area contributed by atoms with E-state index in [1.165, 1.54) is 0 Å². The molecule has 0 aliphatic rings. The molecule has 0 unspecified atom stereocenters. The van der Waals surface area contributed by atoms with Crippen LogP contribution in [-0.2, 0) is 0 Å². The fraction of sp³-hybridized carbons (Fsp3) is 0.250. The summed E-state index contributed by atoms with van der Waals surface area (Å²) in [6, 6.07) is 2.65. The largest absolute Gasteiger partial charge is 0.573 e. The number of hydrogen-bond donors (Lipinski definition) is 0. The Morgan fingerprint density at radius 2 is 2.13 bits per heavy atom. The third-order valence-corrected chi connectivity index (χ3v) is 1.40. The summed E-state index contributed by atoms with van der Waals surface area (Å²) in [5.41, 5.74) is -0.292. The second-order valence-corrected chi connectivity index (χ2v) is 2.36. The molecular weight excluding hydrogens is 213 g/mol. The van der Waals surface area contributed by atoms with Gasteiger partial charge < -0.3 is 9.47 Å². The van der Waals surface area contributed by atoms with Gasteiger partial charge in [0.1, 0.15) is 11.6 Å². The summed E-state index contributed by atoms with van der Waals surface area (Å²) >= 11 is 0. The van der Waals surface area contributed by atoms with Crippen LogP contribution < -0.4 is 9.47 Å². The molecule has 7 heteroatoms. The average molecular weight is 218 g/mol. The highest BCUT2D eigenvalue weighted by molar-refractivity contribution is 5.48. The zero-order valence-electron chi connectivity index (χ0n) is 7.50. The van der Waals surface area contributed by atoms with Gasteiger partial charge in [-0.3, -0.25) is 0 Å². The summed E-state index contributed by atoms with van der Waals surface area (Å²) < 4.78 is 44.1. The van der Waals surface area contributed by atoms with Crippen LogP contribution in [0.1, 0.15) is 5.56 Å². The van der Waals surface area contributed by atoms with E-state index in [2.05, 4.69) is 14.5 Å². The topological polar surface area (TPSA) is 55.1 Å². The molecule has 80 valence electrons. The summed E-state index contributed by atoms with van der Waals surface area (Å²) in [6.45, 7) is 0. The molecule has 1 heterocycles. The number of hydrogen-bond acceptors (Lipinski definition) is 4. The van der Waals surface area contributed by atoms with Gasteiger partial charge in [-0.15, -0.1) is 13.2 Å². The highest BCUT2D eigenvalue weighted by atomic mass is 19.4. The summed E-state index contributed by atoms with van der Waals surface area (Å²) in [4.78, 5) is 3.49. The number of aromatic nitrogens is 1. The summed E-state index contributed by atoms with van der Waals surface area (Å²) in [5.74, 6) is -1.11. The van der Waals surface area contributed by atoms with Crippen LogP contribution in [0, 0.1) is 11.3 Å². The van der Waals surface area contributed by atoms with Crippen molar-refractivity contribution >= 4 is 0 Å². The first kappa shape index (κ1) is 11.1. The SMILES string of the molecule is COc1nccc(C#N)c1OC(F)(F)F. The predicted octanol–water partition coefficient (Wildman–Crippen LogP) is 1.86. The maximum atomic E-state index is 12.0. The van der Waals surface area contributed by atoms with Gasteiger partial charge in [0.05, 0.1) is 7.11 Å². The van der Waals surface area contributed by atoms with E-state index in [0.717, 1.165) is 19.4 Å². The van der Waals surface area contributed by atoms with Crippen molar-refractivity contribution in [3.05, 3.63) is 17.8 Å². The molecule has 0 amide bonds.